The Morgan fingerprint density at radius 3 is 1.27 bits per heavy atom. The molecule has 16 rings (SSSR count). The maximum Gasteiger partial charge on any atom is 0.306 e. The van der Waals surface area contributed by atoms with E-state index in [2.05, 4.69) is 41.5 Å². The van der Waals surface area contributed by atoms with E-state index in [1.165, 1.54) is 38.5 Å². The predicted molar refractivity (Wildman–Crippen MR) is 229 cm³/mol. The molecule has 336 valence electrons. The summed E-state index contributed by atoms with van der Waals surface area (Å²) in [5.41, 5.74) is 0.0576. The van der Waals surface area contributed by atoms with E-state index in [1.54, 1.807) is 13.8 Å². The Kier molecular flexibility index (Phi) is 11.4. The summed E-state index contributed by atoms with van der Waals surface area (Å²) in [4.78, 5) is 53.1. The number of carbonyl (C=O) groups is 4. The summed E-state index contributed by atoms with van der Waals surface area (Å²) in [6.45, 7) is 17.8. The largest absolute Gasteiger partial charge is 0.462 e. The average Bonchev–Trinajstić information content (AvgIpc) is 3.75. The molecule has 8 nitrogen and oxygen atoms in total. The first kappa shape index (κ1) is 43.1. The van der Waals surface area contributed by atoms with Gasteiger partial charge in [0.1, 0.15) is 24.4 Å². The van der Waals surface area contributed by atoms with Crippen molar-refractivity contribution in [3.63, 3.8) is 0 Å². The molecule has 8 saturated carbocycles. The number of ether oxygens (including phenoxy) is 4. The summed E-state index contributed by atoms with van der Waals surface area (Å²) in [6.07, 6.45) is 19.2. The van der Waals surface area contributed by atoms with Crippen LogP contribution in [-0.4, -0.2) is 48.3 Å². The zero-order chi connectivity index (χ0) is 42.5. The van der Waals surface area contributed by atoms with Gasteiger partial charge in [-0.1, -0.05) is 41.5 Å². The normalized spacial score (nSPS) is 52.7. The van der Waals surface area contributed by atoms with Crippen molar-refractivity contribution in [2.24, 2.45) is 92.7 Å². The molecule has 60 heavy (non-hydrogen) atoms. The lowest BCUT2D eigenvalue weighted by Crippen LogP contribution is -2.59. The molecule has 8 aliphatic carbocycles. The topological polar surface area (TPSA) is 105 Å². The maximum atomic E-state index is 13.7. The van der Waals surface area contributed by atoms with E-state index in [1.807, 2.05) is 0 Å². The molecule has 0 aromatic rings. The van der Waals surface area contributed by atoms with Crippen molar-refractivity contribution < 1.29 is 38.1 Å². The molecule has 8 aliphatic heterocycles. The van der Waals surface area contributed by atoms with Crippen LogP contribution < -0.4 is 0 Å². The molecule has 20 atom stereocenters. The van der Waals surface area contributed by atoms with Gasteiger partial charge in [0.25, 0.3) is 0 Å². The highest BCUT2D eigenvalue weighted by molar-refractivity contribution is 5.70. The van der Waals surface area contributed by atoms with Gasteiger partial charge in [0.2, 0.25) is 0 Å². The highest BCUT2D eigenvalue weighted by Crippen LogP contribution is 2.71. The third-order valence-corrected chi connectivity index (χ3v) is 21.7. The third-order valence-electron chi connectivity index (χ3n) is 21.7. The first-order valence-electron chi connectivity index (χ1n) is 25.2. The van der Waals surface area contributed by atoms with Crippen molar-refractivity contribution in [1.82, 2.24) is 0 Å². The minimum Gasteiger partial charge on any atom is -0.462 e. The zero-order valence-corrected chi connectivity index (χ0v) is 38.6. The fourth-order valence-corrected chi connectivity index (χ4v) is 18.8. The van der Waals surface area contributed by atoms with Gasteiger partial charge >= 0.3 is 23.9 Å². The van der Waals surface area contributed by atoms with Gasteiger partial charge in [0, 0.05) is 37.5 Å². The molecule has 0 radical (unpaired) electrons. The van der Waals surface area contributed by atoms with Crippen LogP contribution in [0.2, 0.25) is 0 Å². The van der Waals surface area contributed by atoms with E-state index < -0.39 is 0 Å². The Balaban J connectivity index is 0.994. The fraction of sp³-hybridized carbons (Fsp3) is 0.923. The van der Waals surface area contributed by atoms with Gasteiger partial charge in [-0.3, -0.25) is 19.2 Å². The number of esters is 4. The standard InChI is InChI=1S/C52H80O8/c1-29-9-19-47(55)59-35-21-23-50(6)34(25-35)12-14-38-42-18-16-40(52(42,8)46(28-44(38)50)58-32(4)54)30(2)10-20-48(56)60-36-22-24-49(5)33(26-36)11-13-37-41-17-15-39(29)51(41,7)45(27-43(37)49)57-31(3)53/h29-30,33-46H,9-28H2,1-8H3/t29-,30-,33-,34-,35-,36-,37+,38+,39-,40-,41+,42+,43+,44+,45-,46+,49+,50+,51+,52-/m1/s1. The fourth-order valence-electron chi connectivity index (χ4n) is 18.8. The number of carbonyl (C=O) groups excluding carboxylic acids is 4. The average molecular weight is 833 g/mol. The van der Waals surface area contributed by atoms with Gasteiger partial charge < -0.3 is 18.9 Å². The summed E-state index contributed by atoms with van der Waals surface area (Å²) in [5, 5.41) is 0. The molecule has 0 N–H and O–H groups in total. The summed E-state index contributed by atoms with van der Waals surface area (Å²) < 4.78 is 25.7. The molecule has 8 heterocycles. The lowest BCUT2D eigenvalue weighted by Gasteiger charge is -2.63. The van der Waals surface area contributed by atoms with Crippen molar-refractivity contribution in [1.29, 1.82) is 0 Å². The van der Waals surface area contributed by atoms with Crippen LogP contribution in [0, 0.1) is 92.7 Å². The van der Waals surface area contributed by atoms with Crippen molar-refractivity contribution in [2.45, 2.75) is 208 Å². The smallest absolute Gasteiger partial charge is 0.306 e. The van der Waals surface area contributed by atoms with Gasteiger partial charge in [-0.2, -0.15) is 0 Å². The van der Waals surface area contributed by atoms with Crippen LogP contribution in [0.5, 0.6) is 0 Å². The van der Waals surface area contributed by atoms with E-state index in [0.29, 0.717) is 83.9 Å². The van der Waals surface area contributed by atoms with Crippen molar-refractivity contribution in [3.8, 4) is 0 Å². The second kappa shape index (κ2) is 15.8. The molecule has 0 unspecified atom stereocenters. The monoisotopic (exact) mass is 833 g/mol. The number of hydrogen-bond acceptors (Lipinski definition) is 8. The van der Waals surface area contributed by atoms with Crippen LogP contribution in [0.3, 0.4) is 0 Å². The Morgan fingerprint density at radius 1 is 0.500 bits per heavy atom. The molecule has 0 spiro atoms. The Labute approximate surface area is 361 Å². The lowest BCUT2D eigenvalue weighted by molar-refractivity contribution is -0.199. The molecule has 8 heteroatoms. The van der Waals surface area contributed by atoms with Gasteiger partial charge in [0.05, 0.1) is 0 Å². The van der Waals surface area contributed by atoms with Gasteiger partial charge in [-0.05, 0) is 197 Å². The van der Waals surface area contributed by atoms with Crippen LogP contribution in [0.1, 0.15) is 184 Å². The van der Waals surface area contributed by atoms with Crippen molar-refractivity contribution in [3.05, 3.63) is 0 Å². The summed E-state index contributed by atoms with van der Waals surface area (Å²) in [7, 11) is 0. The van der Waals surface area contributed by atoms with Crippen LogP contribution in [0.15, 0.2) is 0 Å². The van der Waals surface area contributed by atoms with E-state index >= 15 is 0 Å². The zero-order valence-electron chi connectivity index (χ0n) is 38.6. The summed E-state index contributed by atoms with van der Waals surface area (Å²) in [5.74, 6) is 5.21. The van der Waals surface area contributed by atoms with E-state index in [-0.39, 0.29) is 70.0 Å². The number of hydrogen-bond donors (Lipinski definition) is 0. The predicted octanol–water partition coefficient (Wildman–Crippen LogP) is 11.1. The third kappa shape index (κ3) is 6.93. The second-order valence-electron chi connectivity index (χ2n) is 23.9. The van der Waals surface area contributed by atoms with E-state index in [0.717, 1.165) is 77.0 Å². The Hall–Kier alpha value is -2.12. The van der Waals surface area contributed by atoms with Gasteiger partial charge in [-0.25, -0.2) is 0 Å². The van der Waals surface area contributed by atoms with Gasteiger partial charge in [0.15, 0.2) is 0 Å². The summed E-state index contributed by atoms with van der Waals surface area (Å²) in [6, 6.07) is 0. The quantitative estimate of drug-likeness (QED) is 0.200. The first-order chi connectivity index (χ1) is 28.5. The molecule has 0 aromatic heterocycles. The minimum absolute atomic E-state index is 0.0284. The Bertz CT molecular complexity index is 1560. The first-order valence-corrected chi connectivity index (χ1v) is 25.2. The van der Waals surface area contributed by atoms with Crippen LogP contribution >= 0.6 is 0 Å². The molecule has 8 saturated heterocycles. The molecular weight excluding hydrogens is 753 g/mol. The highest BCUT2D eigenvalue weighted by atomic mass is 16.6. The maximum absolute atomic E-state index is 13.7. The Morgan fingerprint density at radius 2 is 0.883 bits per heavy atom. The lowest BCUT2D eigenvalue weighted by atomic mass is 9.43. The van der Waals surface area contributed by atoms with Crippen LogP contribution in [0.4, 0.5) is 0 Å². The molecule has 16 fully saturated rings. The molecule has 16 aliphatic rings. The molecular formula is C52H80O8. The van der Waals surface area contributed by atoms with E-state index in [9.17, 15) is 19.2 Å². The van der Waals surface area contributed by atoms with Crippen molar-refractivity contribution in [2.75, 3.05) is 0 Å². The molecule has 0 aromatic carbocycles. The van der Waals surface area contributed by atoms with Crippen LogP contribution in [0.25, 0.3) is 0 Å². The van der Waals surface area contributed by atoms with Gasteiger partial charge in [-0.15, -0.1) is 0 Å². The molecule has 0 amide bonds. The summed E-state index contributed by atoms with van der Waals surface area (Å²) >= 11 is 0. The SMILES string of the molecule is CC(=O)O[C@H]1C[C@H]2[C@H]3CC[C@@H]4C[C@@H](CC[C@@]42C)OC(=O)CC[C@@H](C)[C@H]2CC[C@H]4[C@@H]5CC[C@@H]6C[C@@H](CC[C@]6(C)[C@H]5C[C@@H](OC(C)=O)[C@@]24C)OC(=O)CC[C@@H](C)[C@H]2CC[C@@H]3[C@]12C. The number of rotatable bonds is 2. The second-order valence-corrected chi connectivity index (χ2v) is 23.9. The highest BCUT2D eigenvalue weighted by Gasteiger charge is 2.67. The minimum atomic E-state index is -0.176. The van der Waals surface area contributed by atoms with Crippen LogP contribution in [-0.2, 0) is 38.1 Å². The molecule has 16 bridgehead atoms. The van der Waals surface area contributed by atoms with E-state index in [4.69, 9.17) is 18.9 Å². The van der Waals surface area contributed by atoms with Crippen molar-refractivity contribution >= 4 is 23.9 Å².